The first-order valence-electron chi connectivity index (χ1n) is 28.7. The maximum absolute atomic E-state index is 2.59. The fourth-order valence-corrected chi connectivity index (χ4v) is 15.9. The average molecular weight is 1090 g/mol. The summed E-state index contributed by atoms with van der Waals surface area (Å²) in [4.78, 5) is 7.54. The van der Waals surface area contributed by atoms with E-state index in [1.54, 1.807) is 0 Å². The third-order valence-corrected chi connectivity index (χ3v) is 19.9. The largest absolute Gasteiger partial charge is 0.310 e. The number of fused-ring (bicyclic) bond motifs is 17. The van der Waals surface area contributed by atoms with Crippen LogP contribution in [0.5, 0.6) is 0 Å². The number of nitrogens with zero attached hydrogens (tertiary/aromatic N) is 3. The van der Waals surface area contributed by atoms with Crippen molar-refractivity contribution in [3.05, 3.63) is 294 Å². The Hall–Kier alpha value is -9.26. The van der Waals surface area contributed by atoms with E-state index in [9.17, 15) is 0 Å². The summed E-state index contributed by atoms with van der Waals surface area (Å²) in [6.07, 6.45) is 0. The molecule has 1 aliphatic heterocycles. The van der Waals surface area contributed by atoms with Gasteiger partial charge in [0.15, 0.2) is 0 Å². The Bertz CT molecular complexity index is 4790. The Kier molecular flexibility index (Phi) is 11.2. The van der Waals surface area contributed by atoms with Gasteiger partial charge in [0.25, 0.3) is 0 Å². The molecule has 0 radical (unpaired) electrons. The molecule has 1 spiro atoms. The zero-order chi connectivity index (χ0) is 54.8. The van der Waals surface area contributed by atoms with Gasteiger partial charge in [0.2, 0.25) is 0 Å². The molecule has 14 aromatic rings. The van der Waals surface area contributed by atoms with Crippen LogP contribution in [-0.4, -0.2) is 0 Å². The van der Waals surface area contributed by atoms with E-state index in [1.165, 1.54) is 95.6 Å². The zero-order valence-corrected chi connectivity index (χ0v) is 47.8. The van der Waals surface area contributed by atoms with Crippen LogP contribution >= 0.6 is 22.7 Å². The van der Waals surface area contributed by atoms with Crippen LogP contribution in [-0.2, 0) is 5.41 Å². The molecule has 2 aliphatic rings. The van der Waals surface area contributed by atoms with Gasteiger partial charge in [0.05, 0.1) is 22.5 Å². The topological polar surface area (TPSA) is 9.72 Å². The first-order chi connectivity index (χ1) is 40.3. The zero-order valence-electron chi connectivity index (χ0n) is 46.1. The van der Waals surface area contributed by atoms with E-state index < -0.39 is 5.41 Å². The predicted octanol–water partition coefficient (Wildman–Crippen LogP) is 22.9. The summed E-state index contributed by atoms with van der Waals surface area (Å²) < 4.78 is 5.18. The van der Waals surface area contributed by atoms with Gasteiger partial charge in [0, 0.05) is 79.9 Å². The van der Waals surface area contributed by atoms with E-state index in [-0.39, 0.29) is 0 Å². The van der Waals surface area contributed by atoms with E-state index in [2.05, 4.69) is 303 Å². The molecule has 82 heavy (non-hydrogen) atoms. The van der Waals surface area contributed by atoms with Crippen molar-refractivity contribution in [1.29, 1.82) is 0 Å². The smallest absolute Gasteiger partial charge is 0.0756 e. The summed E-state index contributed by atoms with van der Waals surface area (Å²) in [5, 5.41) is 7.55. The molecule has 3 nitrogen and oxygen atoms in total. The number of para-hydroxylation sites is 3. The summed E-state index contributed by atoms with van der Waals surface area (Å²) in [5.41, 5.74) is 19.6. The number of benzene rings is 12. The molecule has 16 rings (SSSR count). The lowest BCUT2D eigenvalue weighted by Gasteiger charge is -2.45. The molecular formula is C77H57N3S2. The monoisotopic (exact) mass is 1090 g/mol. The van der Waals surface area contributed by atoms with Gasteiger partial charge in [-0.1, -0.05) is 173 Å². The van der Waals surface area contributed by atoms with Crippen LogP contribution < -0.4 is 14.7 Å². The van der Waals surface area contributed by atoms with Crippen molar-refractivity contribution in [2.75, 3.05) is 14.7 Å². The number of hydrogen-bond acceptors (Lipinski definition) is 5. The van der Waals surface area contributed by atoms with E-state index in [0.717, 1.165) is 51.2 Å². The summed E-state index contributed by atoms with van der Waals surface area (Å²) in [5.74, 6) is 0.806. The highest BCUT2D eigenvalue weighted by Gasteiger charge is 2.53. The Balaban J connectivity index is 1.01. The minimum atomic E-state index is -0.778. The van der Waals surface area contributed by atoms with Crippen molar-refractivity contribution in [3.8, 4) is 11.1 Å². The maximum atomic E-state index is 2.59. The SMILES string of the molecule is CC(C)c1ccc(N(c2ccc3c(c2)C2(c4ccccc4N(c4ccccc4)c4ccccc42)c2cc(N(c4ccc(C(C)C)cc4)c4ccc5sc6ccccc6c5c4)c4ccccc4c2-3)c2ccc3sc4ccccc4c3c2)cc1. The molecule has 0 saturated heterocycles. The summed E-state index contributed by atoms with van der Waals surface area (Å²) >= 11 is 3.73. The van der Waals surface area contributed by atoms with Gasteiger partial charge in [-0.2, -0.15) is 0 Å². The van der Waals surface area contributed by atoms with E-state index in [0.29, 0.717) is 11.8 Å². The molecule has 5 heteroatoms. The van der Waals surface area contributed by atoms with Crippen LogP contribution in [0.4, 0.5) is 51.2 Å². The second-order valence-corrected chi connectivity index (χ2v) is 24.9. The van der Waals surface area contributed by atoms with Gasteiger partial charge in [0.1, 0.15) is 0 Å². The first-order valence-corrected chi connectivity index (χ1v) is 30.3. The number of anilines is 9. The average Bonchev–Trinajstić information content (AvgIpc) is 1.58. The summed E-state index contributed by atoms with van der Waals surface area (Å²) in [6, 6.07) is 99.1. The van der Waals surface area contributed by atoms with Crippen molar-refractivity contribution < 1.29 is 0 Å². The standard InChI is InChI=1S/C77H57N3S2/c1-48(2)50-30-34-53(35-31-50)78(55-39-42-74-63(44-55)59-21-10-16-28-72(59)81-74)57-38-41-62-67(46-57)77(65-24-12-14-26-69(65)80(52-18-6-5-7-19-52)70-27-15-13-25-66(70)77)68-47-71(58-20-8-9-23-61(58)76(62)68)79(54-36-32-51(33-37-54)49(3)4)56-40-43-75-64(45-56)60-22-11-17-29-73(60)82-75/h5-49H,1-4H3. The van der Waals surface area contributed by atoms with E-state index in [1.807, 2.05) is 22.7 Å². The van der Waals surface area contributed by atoms with E-state index >= 15 is 0 Å². The quantitative estimate of drug-likeness (QED) is 0.143. The molecule has 2 aromatic heterocycles. The fraction of sp³-hybridized carbons (Fsp3) is 0.0909. The molecular weight excluding hydrogens is 1030 g/mol. The molecule has 1 aliphatic carbocycles. The Labute approximate surface area is 486 Å². The van der Waals surface area contributed by atoms with E-state index in [4.69, 9.17) is 0 Å². The molecule has 3 heterocycles. The van der Waals surface area contributed by atoms with Crippen molar-refractivity contribution in [3.63, 3.8) is 0 Å². The van der Waals surface area contributed by atoms with Crippen LogP contribution in [0.1, 0.15) is 72.9 Å². The second kappa shape index (κ2) is 18.9. The molecule has 0 N–H and O–H groups in total. The third kappa shape index (κ3) is 7.32. The fourth-order valence-electron chi connectivity index (χ4n) is 13.8. The van der Waals surface area contributed by atoms with Gasteiger partial charge in [-0.15, -0.1) is 22.7 Å². The van der Waals surface area contributed by atoms with Gasteiger partial charge in [-0.05, 0) is 177 Å². The van der Waals surface area contributed by atoms with Crippen molar-refractivity contribution in [1.82, 2.24) is 0 Å². The van der Waals surface area contributed by atoms with Gasteiger partial charge >= 0.3 is 0 Å². The van der Waals surface area contributed by atoms with Crippen LogP contribution in [0, 0.1) is 0 Å². The molecule has 0 fully saturated rings. The molecule has 0 saturated carbocycles. The first kappa shape index (κ1) is 48.6. The van der Waals surface area contributed by atoms with Gasteiger partial charge in [-0.25, -0.2) is 0 Å². The lowest BCUT2D eigenvalue weighted by Crippen LogP contribution is -2.36. The number of thiophene rings is 2. The minimum absolute atomic E-state index is 0.399. The lowest BCUT2D eigenvalue weighted by atomic mass is 9.64. The number of rotatable bonds is 9. The maximum Gasteiger partial charge on any atom is 0.0756 e. The molecule has 392 valence electrons. The normalized spacial score (nSPS) is 13.2. The Morgan fingerprint density at radius 2 is 0.768 bits per heavy atom. The Morgan fingerprint density at radius 3 is 1.34 bits per heavy atom. The molecule has 12 aromatic carbocycles. The summed E-state index contributed by atoms with van der Waals surface area (Å²) in [6.45, 7) is 9.12. The van der Waals surface area contributed by atoms with Gasteiger partial charge < -0.3 is 14.7 Å². The highest BCUT2D eigenvalue weighted by atomic mass is 32.1. The summed E-state index contributed by atoms with van der Waals surface area (Å²) in [7, 11) is 0. The highest BCUT2D eigenvalue weighted by Crippen LogP contribution is 2.66. The lowest BCUT2D eigenvalue weighted by molar-refractivity contribution is 0.753. The second-order valence-electron chi connectivity index (χ2n) is 22.8. The highest BCUT2D eigenvalue weighted by molar-refractivity contribution is 7.26. The van der Waals surface area contributed by atoms with Crippen molar-refractivity contribution in [2.45, 2.75) is 44.9 Å². The van der Waals surface area contributed by atoms with Crippen LogP contribution in [0.2, 0.25) is 0 Å². The predicted molar refractivity (Wildman–Crippen MR) is 353 cm³/mol. The van der Waals surface area contributed by atoms with Crippen LogP contribution in [0.15, 0.2) is 261 Å². The van der Waals surface area contributed by atoms with Crippen LogP contribution in [0.3, 0.4) is 0 Å². The van der Waals surface area contributed by atoms with Crippen molar-refractivity contribution >= 4 is 125 Å². The third-order valence-electron chi connectivity index (χ3n) is 17.6. The molecule has 0 unspecified atom stereocenters. The van der Waals surface area contributed by atoms with Gasteiger partial charge in [-0.3, -0.25) is 0 Å². The molecule has 0 atom stereocenters. The Morgan fingerprint density at radius 1 is 0.329 bits per heavy atom. The minimum Gasteiger partial charge on any atom is -0.310 e. The van der Waals surface area contributed by atoms with Crippen LogP contribution in [0.25, 0.3) is 62.2 Å². The van der Waals surface area contributed by atoms with Crippen molar-refractivity contribution in [2.24, 2.45) is 0 Å². The molecule has 0 amide bonds. The molecule has 0 bridgehead atoms. The number of hydrogen-bond donors (Lipinski definition) is 0.